The van der Waals surface area contributed by atoms with Gasteiger partial charge in [-0.3, -0.25) is 0 Å². The minimum absolute atomic E-state index is 1.21. The van der Waals surface area contributed by atoms with E-state index in [2.05, 4.69) is 231 Å². The molecule has 0 aliphatic carbocycles. The summed E-state index contributed by atoms with van der Waals surface area (Å²) in [6.07, 6.45) is 0. The van der Waals surface area contributed by atoms with Crippen LogP contribution in [0.4, 0.5) is 0 Å². The van der Waals surface area contributed by atoms with E-state index < -0.39 is 0 Å². The van der Waals surface area contributed by atoms with Crippen LogP contribution in [0.3, 0.4) is 0 Å². The van der Waals surface area contributed by atoms with Crippen molar-refractivity contribution in [3.8, 4) is 66.8 Å². The van der Waals surface area contributed by atoms with Crippen molar-refractivity contribution in [1.29, 1.82) is 0 Å². The Labute approximate surface area is 349 Å². The molecule has 0 spiro atoms. The molecule has 0 atom stereocenters. The van der Waals surface area contributed by atoms with E-state index in [0.29, 0.717) is 0 Å². The molecule has 12 aromatic carbocycles. The molecule has 278 valence electrons. The molecule has 0 heterocycles. The summed E-state index contributed by atoms with van der Waals surface area (Å²) in [5.74, 6) is 0. The van der Waals surface area contributed by atoms with E-state index in [1.54, 1.807) is 0 Å². The van der Waals surface area contributed by atoms with Crippen LogP contribution >= 0.6 is 0 Å². The molecule has 60 heavy (non-hydrogen) atoms. The van der Waals surface area contributed by atoms with Gasteiger partial charge in [-0.1, -0.05) is 206 Å². The summed E-state index contributed by atoms with van der Waals surface area (Å²) in [6, 6.07) is 85.2. The molecule has 0 bridgehead atoms. The molecule has 0 heteroatoms. The average Bonchev–Trinajstić information content (AvgIpc) is 3.33. The molecule has 0 amide bonds. The highest BCUT2D eigenvalue weighted by Crippen LogP contribution is 2.48. The van der Waals surface area contributed by atoms with Crippen LogP contribution in [0.2, 0.25) is 0 Å². The van der Waals surface area contributed by atoms with Gasteiger partial charge in [-0.15, -0.1) is 0 Å². The van der Waals surface area contributed by atoms with Crippen molar-refractivity contribution in [3.63, 3.8) is 0 Å². The minimum Gasteiger partial charge on any atom is -0.0622 e. The monoisotopic (exact) mass is 758 g/mol. The SMILES string of the molecule is c1ccc(-c2cc(-c3ccc(-c4ccc5ccccc5c4)cc3)c3ccc4c(-c5ccccc5)cc(-c5ccc(-c6ccc7ccccc7c6)cc5)c5ccc2c3c45)cc1. The standard InChI is InChI=1S/C60H38/c1-3-13-43(14-4-1)55-37-57(45-25-19-41(20-26-45)49-29-23-39-11-7-9-17-47(39)35-49)53-34-32-52-56(44-15-5-2-6-16-44)38-58(54-33-31-51(55)59(53)60(52)54)46-27-21-42(22-28-46)50-30-24-40-12-8-10-18-48(40)36-50/h1-38H. The summed E-state index contributed by atoms with van der Waals surface area (Å²) in [5.41, 5.74) is 14.7. The molecule has 0 nitrogen and oxygen atoms in total. The Hall–Kier alpha value is -7.80. The fraction of sp³-hybridized carbons (Fsp3) is 0. The maximum atomic E-state index is 2.42. The third-order valence-corrected chi connectivity index (χ3v) is 12.6. The molecule has 12 aromatic rings. The van der Waals surface area contributed by atoms with E-state index in [-0.39, 0.29) is 0 Å². The van der Waals surface area contributed by atoms with Crippen LogP contribution in [0.1, 0.15) is 0 Å². The van der Waals surface area contributed by atoms with Gasteiger partial charge in [0, 0.05) is 0 Å². The molecule has 0 aromatic heterocycles. The number of fused-ring (bicyclic) bond motifs is 2. The van der Waals surface area contributed by atoms with Crippen molar-refractivity contribution in [2.24, 2.45) is 0 Å². The Morgan fingerprint density at radius 2 is 0.450 bits per heavy atom. The highest BCUT2D eigenvalue weighted by Gasteiger charge is 2.21. The van der Waals surface area contributed by atoms with Gasteiger partial charge in [0.15, 0.2) is 0 Å². The maximum absolute atomic E-state index is 2.42. The van der Waals surface area contributed by atoms with Gasteiger partial charge < -0.3 is 0 Å². The lowest BCUT2D eigenvalue weighted by Gasteiger charge is -2.21. The molecule has 0 radical (unpaired) electrons. The van der Waals surface area contributed by atoms with Gasteiger partial charge in [-0.2, -0.15) is 0 Å². The van der Waals surface area contributed by atoms with E-state index in [0.717, 1.165) is 0 Å². The van der Waals surface area contributed by atoms with Gasteiger partial charge in [0.1, 0.15) is 0 Å². The van der Waals surface area contributed by atoms with Gasteiger partial charge in [0.25, 0.3) is 0 Å². The smallest absolute Gasteiger partial charge is 0.00139 e. The lowest BCUT2D eigenvalue weighted by atomic mass is 9.82. The summed E-state index contributed by atoms with van der Waals surface area (Å²) in [7, 11) is 0. The van der Waals surface area contributed by atoms with Crippen LogP contribution in [-0.2, 0) is 0 Å². The molecule has 0 fully saturated rings. The zero-order valence-corrected chi connectivity index (χ0v) is 32.9. The zero-order valence-electron chi connectivity index (χ0n) is 32.9. The average molecular weight is 759 g/mol. The number of hydrogen-bond donors (Lipinski definition) is 0. The van der Waals surface area contributed by atoms with Gasteiger partial charge in [0.2, 0.25) is 0 Å². The van der Waals surface area contributed by atoms with Gasteiger partial charge in [-0.25, -0.2) is 0 Å². The molecule has 0 N–H and O–H groups in total. The van der Waals surface area contributed by atoms with Crippen molar-refractivity contribution in [2.75, 3.05) is 0 Å². The molecule has 0 aliphatic heterocycles. The minimum atomic E-state index is 1.21. The number of benzene rings is 12. The normalized spacial score (nSPS) is 11.7. The topological polar surface area (TPSA) is 0 Å². The van der Waals surface area contributed by atoms with Crippen LogP contribution < -0.4 is 0 Å². The molecule has 0 unspecified atom stereocenters. The fourth-order valence-corrected chi connectivity index (χ4v) is 9.61. The summed E-state index contributed by atoms with van der Waals surface area (Å²) in [4.78, 5) is 0. The Balaban J connectivity index is 1.08. The third-order valence-electron chi connectivity index (χ3n) is 12.6. The highest BCUT2D eigenvalue weighted by molar-refractivity contribution is 6.32. The van der Waals surface area contributed by atoms with Gasteiger partial charge in [-0.05, 0) is 145 Å². The van der Waals surface area contributed by atoms with E-state index in [9.17, 15) is 0 Å². The first-order chi connectivity index (χ1) is 29.7. The summed E-state index contributed by atoms with van der Waals surface area (Å²) >= 11 is 0. The second-order valence-corrected chi connectivity index (χ2v) is 16.0. The molecule has 0 aliphatic rings. The van der Waals surface area contributed by atoms with Crippen LogP contribution in [0, 0.1) is 0 Å². The quantitative estimate of drug-likeness (QED) is 0.148. The van der Waals surface area contributed by atoms with Crippen LogP contribution in [0.25, 0.3) is 121 Å². The van der Waals surface area contributed by atoms with Gasteiger partial charge in [0.05, 0.1) is 0 Å². The maximum Gasteiger partial charge on any atom is -0.00139 e. The van der Waals surface area contributed by atoms with Crippen LogP contribution in [0.15, 0.2) is 231 Å². The van der Waals surface area contributed by atoms with Crippen molar-refractivity contribution in [3.05, 3.63) is 231 Å². The Morgan fingerprint density at radius 1 is 0.167 bits per heavy atom. The van der Waals surface area contributed by atoms with Crippen molar-refractivity contribution >= 4 is 53.9 Å². The van der Waals surface area contributed by atoms with Crippen LogP contribution in [-0.4, -0.2) is 0 Å². The first-order valence-electron chi connectivity index (χ1n) is 20.8. The summed E-state index contributed by atoms with van der Waals surface area (Å²) in [6.45, 7) is 0. The predicted molar refractivity (Wildman–Crippen MR) is 258 cm³/mol. The van der Waals surface area contributed by atoms with E-state index >= 15 is 0 Å². The van der Waals surface area contributed by atoms with Crippen molar-refractivity contribution in [1.82, 2.24) is 0 Å². The summed E-state index contributed by atoms with van der Waals surface area (Å²) in [5, 5.41) is 12.7. The first-order valence-corrected chi connectivity index (χ1v) is 20.8. The van der Waals surface area contributed by atoms with E-state index in [1.807, 2.05) is 0 Å². The number of rotatable bonds is 6. The lowest BCUT2D eigenvalue weighted by Crippen LogP contribution is -1.94. The van der Waals surface area contributed by atoms with Crippen molar-refractivity contribution in [2.45, 2.75) is 0 Å². The molecule has 0 saturated heterocycles. The predicted octanol–water partition coefficient (Wildman–Crippen LogP) is 16.9. The Kier molecular flexibility index (Phi) is 7.96. The second-order valence-electron chi connectivity index (χ2n) is 16.0. The molecule has 0 saturated carbocycles. The first kappa shape index (κ1) is 34.3. The lowest BCUT2D eigenvalue weighted by molar-refractivity contribution is 1.61. The molecular weight excluding hydrogens is 721 g/mol. The number of hydrogen-bond acceptors (Lipinski definition) is 0. The van der Waals surface area contributed by atoms with E-state index in [1.165, 1.54) is 121 Å². The van der Waals surface area contributed by atoms with Gasteiger partial charge >= 0.3 is 0 Å². The second kappa shape index (κ2) is 13.9. The zero-order chi connectivity index (χ0) is 39.6. The molecular formula is C60H38. The van der Waals surface area contributed by atoms with Crippen molar-refractivity contribution < 1.29 is 0 Å². The Bertz CT molecular complexity index is 3300. The van der Waals surface area contributed by atoms with E-state index in [4.69, 9.17) is 0 Å². The molecule has 12 rings (SSSR count). The fourth-order valence-electron chi connectivity index (χ4n) is 9.61. The van der Waals surface area contributed by atoms with Crippen LogP contribution in [0.5, 0.6) is 0 Å². The summed E-state index contributed by atoms with van der Waals surface area (Å²) < 4.78 is 0. The Morgan fingerprint density at radius 3 is 0.817 bits per heavy atom. The largest absolute Gasteiger partial charge is 0.0622 e. The highest BCUT2D eigenvalue weighted by atomic mass is 14.2. The third kappa shape index (κ3) is 5.69.